The molecular weight excluding hydrogens is 285 g/mol. The summed E-state index contributed by atoms with van der Waals surface area (Å²) in [6, 6.07) is 9.09. The number of para-hydroxylation sites is 1. The van der Waals surface area contributed by atoms with E-state index in [0.29, 0.717) is 6.04 Å². The normalized spacial score (nSPS) is 17.9. The van der Waals surface area contributed by atoms with Crippen LogP contribution in [0.3, 0.4) is 0 Å². The summed E-state index contributed by atoms with van der Waals surface area (Å²) in [4.78, 5) is 0. The van der Waals surface area contributed by atoms with E-state index < -0.39 is 0 Å². The molecule has 0 amide bonds. The summed E-state index contributed by atoms with van der Waals surface area (Å²) in [6.07, 6.45) is 4.21. The Hall–Kier alpha value is -0.250. The minimum atomic E-state index is 0.610. The fourth-order valence-corrected chi connectivity index (χ4v) is 2.30. The van der Waals surface area contributed by atoms with E-state index in [2.05, 4.69) is 59.1 Å². The van der Waals surface area contributed by atoms with Gasteiger partial charge in [0, 0.05) is 15.3 Å². The van der Waals surface area contributed by atoms with Crippen LogP contribution in [-0.2, 0) is 0 Å². The molecule has 1 aromatic rings. The highest BCUT2D eigenvalue weighted by Crippen LogP contribution is 2.34. The molecule has 1 unspecified atom stereocenters. The third kappa shape index (κ3) is 2.87. The predicted octanol–water partition coefficient (Wildman–Crippen LogP) is 3.89. The van der Waals surface area contributed by atoms with Crippen molar-refractivity contribution in [1.29, 1.82) is 0 Å². The number of anilines is 1. The molecule has 14 heavy (non-hydrogen) atoms. The highest BCUT2D eigenvalue weighted by molar-refractivity contribution is 14.1. The molecule has 0 bridgehead atoms. The molecule has 1 aliphatic rings. The summed E-state index contributed by atoms with van der Waals surface area (Å²) < 4.78 is 1.31. The van der Waals surface area contributed by atoms with Crippen molar-refractivity contribution in [2.24, 2.45) is 5.92 Å². The third-order valence-corrected chi connectivity index (χ3v) is 3.60. The molecule has 1 nitrogen and oxygen atoms in total. The fourth-order valence-electron chi connectivity index (χ4n) is 1.76. The Bertz CT molecular complexity index is 307. The first kappa shape index (κ1) is 10.3. The lowest BCUT2D eigenvalue weighted by Crippen LogP contribution is -2.16. The van der Waals surface area contributed by atoms with Crippen LogP contribution in [0.15, 0.2) is 24.3 Å². The van der Waals surface area contributed by atoms with Crippen molar-refractivity contribution >= 4 is 28.3 Å². The topological polar surface area (TPSA) is 12.0 Å². The van der Waals surface area contributed by atoms with E-state index in [4.69, 9.17) is 0 Å². The molecule has 0 aromatic heterocycles. The summed E-state index contributed by atoms with van der Waals surface area (Å²) in [5.41, 5.74) is 1.28. The average Bonchev–Trinajstić information content (AvgIpc) is 2.93. The molecule has 1 aromatic carbocycles. The quantitative estimate of drug-likeness (QED) is 0.832. The van der Waals surface area contributed by atoms with Gasteiger partial charge in [0.2, 0.25) is 0 Å². The Kier molecular flexibility index (Phi) is 3.31. The zero-order valence-corrected chi connectivity index (χ0v) is 10.6. The van der Waals surface area contributed by atoms with E-state index in [1.807, 2.05) is 0 Å². The zero-order chi connectivity index (χ0) is 9.97. The number of rotatable bonds is 4. The van der Waals surface area contributed by atoms with Gasteiger partial charge in [-0.1, -0.05) is 25.0 Å². The molecule has 0 saturated heterocycles. The van der Waals surface area contributed by atoms with Crippen molar-refractivity contribution in [3.63, 3.8) is 0 Å². The lowest BCUT2D eigenvalue weighted by atomic mass is 10.1. The van der Waals surface area contributed by atoms with E-state index in [1.165, 1.54) is 28.5 Å². The monoisotopic (exact) mass is 301 g/mol. The molecule has 0 aliphatic heterocycles. The first-order valence-corrected chi connectivity index (χ1v) is 6.34. The average molecular weight is 301 g/mol. The minimum Gasteiger partial charge on any atom is -0.382 e. The number of hydrogen-bond donors (Lipinski definition) is 1. The molecule has 1 atom stereocenters. The second kappa shape index (κ2) is 4.51. The smallest absolute Gasteiger partial charge is 0.0477 e. The Morgan fingerprint density at radius 1 is 1.43 bits per heavy atom. The van der Waals surface area contributed by atoms with Crippen LogP contribution >= 0.6 is 22.6 Å². The maximum Gasteiger partial charge on any atom is 0.0477 e. The maximum absolute atomic E-state index is 3.57. The Balaban J connectivity index is 1.91. The largest absolute Gasteiger partial charge is 0.382 e. The van der Waals surface area contributed by atoms with Crippen molar-refractivity contribution in [2.45, 2.75) is 32.2 Å². The van der Waals surface area contributed by atoms with Crippen LogP contribution in [0.4, 0.5) is 5.69 Å². The standard InChI is InChI=1S/C12H16IN/c1-9(8-10-6-7-10)14-12-5-3-2-4-11(12)13/h2-5,9-10,14H,6-8H2,1H3. The molecule has 2 rings (SSSR count). The molecule has 1 saturated carbocycles. The third-order valence-electron chi connectivity index (χ3n) is 2.66. The molecule has 1 aliphatic carbocycles. The number of halogens is 1. The Morgan fingerprint density at radius 2 is 2.14 bits per heavy atom. The fraction of sp³-hybridized carbons (Fsp3) is 0.500. The highest BCUT2D eigenvalue weighted by Gasteiger charge is 2.23. The van der Waals surface area contributed by atoms with Crippen LogP contribution in [0.25, 0.3) is 0 Å². The van der Waals surface area contributed by atoms with E-state index in [1.54, 1.807) is 0 Å². The lowest BCUT2D eigenvalue weighted by molar-refractivity contribution is 0.642. The first-order valence-electron chi connectivity index (χ1n) is 5.27. The van der Waals surface area contributed by atoms with Gasteiger partial charge in [-0.25, -0.2) is 0 Å². The van der Waals surface area contributed by atoms with E-state index in [0.717, 1.165) is 5.92 Å². The van der Waals surface area contributed by atoms with Crippen molar-refractivity contribution in [3.05, 3.63) is 27.8 Å². The molecule has 2 heteroatoms. The molecule has 1 fully saturated rings. The van der Waals surface area contributed by atoms with Crippen LogP contribution in [0, 0.1) is 9.49 Å². The van der Waals surface area contributed by atoms with Crippen molar-refractivity contribution in [1.82, 2.24) is 0 Å². The van der Waals surface area contributed by atoms with Gasteiger partial charge < -0.3 is 5.32 Å². The van der Waals surface area contributed by atoms with Crippen LogP contribution < -0.4 is 5.32 Å². The Labute approximate surface area is 99.4 Å². The van der Waals surface area contributed by atoms with Gasteiger partial charge in [-0.15, -0.1) is 0 Å². The molecular formula is C12H16IN. The summed E-state index contributed by atoms with van der Waals surface area (Å²) in [5, 5.41) is 3.57. The van der Waals surface area contributed by atoms with E-state index in [9.17, 15) is 0 Å². The summed E-state index contributed by atoms with van der Waals surface area (Å²) in [7, 11) is 0. The first-order chi connectivity index (χ1) is 6.75. The lowest BCUT2D eigenvalue weighted by Gasteiger charge is -2.15. The number of hydrogen-bond acceptors (Lipinski definition) is 1. The highest BCUT2D eigenvalue weighted by atomic mass is 127. The molecule has 1 N–H and O–H groups in total. The van der Waals surface area contributed by atoms with Crippen molar-refractivity contribution in [3.8, 4) is 0 Å². The van der Waals surface area contributed by atoms with Crippen LogP contribution in [0.1, 0.15) is 26.2 Å². The van der Waals surface area contributed by atoms with Gasteiger partial charge in [0.05, 0.1) is 0 Å². The van der Waals surface area contributed by atoms with Gasteiger partial charge in [-0.3, -0.25) is 0 Å². The van der Waals surface area contributed by atoms with Gasteiger partial charge >= 0.3 is 0 Å². The van der Waals surface area contributed by atoms with Crippen LogP contribution in [0.5, 0.6) is 0 Å². The predicted molar refractivity (Wildman–Crippen MR) is 69.6 cm³/mol. The van der Waals surface area contributed by atoms with Gasteiger partial charge in [0.25, 0.3) is 0 Å². The number of benzene rings is 1. The van der Waals surface area contributed by atoms with E-state index >= 15 is 0 Å². The van der Waals surface area contributed by atoms with Crippen LogP contribution in [-0.4, -0.2) is 6.04 Å². The van der Waals surface area contributed by atoms with Crippen LogP contribution in [0.2, 0.25) is 0 Å². The second-order valence-electron chi connectivity index (χ2n) is 4.20. The van der Waals surface area contributed by atoms with Crippen molar-refractivity contribution in [2.75, 3.05) is 5.32 Å². The number of nitrogens with one attached hydrogen (secondary N) is 1. The summed E-state index contributed by atoms with van der Waals surface area (Å²) in [6.45, 7) is 2.28. The zero-order valence-electron chi connectivity index (χ0n) is 8.46. The van der Waals surface area contributed by atoms with Gasteiger partial charge in [-0.2, -0.15) is 0 Å². The molecule has 76 valence electrons. The molecule has 0 radical (unpaired) electrons. The minimum absolute atomic E-state index is 0.610. The Morgan fingerprint density at radius 3 is 2.79 bits per heavy atom. The SMILES string of the molecule is CC(CC1CC1)Nc1ccccc1I. The van der Waals surface area contributed by atoms with Crippen molar-refractivity contribution < 1.29 is 0 Å². The van der Waals surface area contributed by atoms with Gasteiger partial charge in [0.1, 0.15) is 0 Å². The van der Waals surface area contributed by atoms with Gasteiger partial charge in [-0.05, 0) is 54.0 Å². The summed E-state index contributed by atoms with van der Waals surface area (Å²) in [5.74, 6) is 0.999. The second-order valence-corrected chi connectivity index (χ2v) is 5.37. The van der Waals surface area contributed by atoms with E-state index in [-0.39, 0.29) is 0 Å². The maximum atomic E-state index is 3.57. The molecule has 0 heterocycles. The summed E-state index contributed by atoms with van der Waals surface area (Å²) >= 11 is 2.38. The molecule has 0 spiro atoms. The van der Waals surface area contributed by atoms with Gasteiger partial charge in [0.15, 0.2) is 0 Å².